The first-order valence-electron chi connectivity index (χ1n) is 24.6. The Morgan fingerprint density at radius 1 is 0.422 bits per heavy atom. The summed E-state index contributed by atoms with van der Waals surface area (Å²) in [5, 5.41) is 43.1. The van der Waals surface area contributed by atoms with Gasteiger partial charge in [0.1, 0.15) is 57.0 Å². The first-order valence-corrected chi connectivity index (χ1v) is 30.7. The van der Waals surface area contributed by atoms with Crippen molar-refractivity contribution in [3.05, 3.63) is 246 Å². The first-order chi connectivity index (χ1) is 41.0. The number of aromatic hydroxyl groups is 1. The smallest absolute Gasteiger partial charge is 0.535 e. The van der Waals surface area contributed by atoms with Crippen LogP contribution in [0.3, 0.4) is 0 Å². The van der Waals surface area contributed by atoms with E-state index in [1.807, 2.05) is 71.1 Å². The van der Waals surface area contributed by atoms with Crippen LogP contribution < -0.4 is 19.6 Å². The van der Waals surface area contributed by atoms with Crippen LogP contribution >= 0.6 is 144 Å². The minimum Gasteiger partial charge on any atom is -0.535 e. The Morgan fingerprint density at radius 2 is 0.833 bits per heavy atom. The van der Waals surface area contributed by atoms with E-state index in [0.717, 1.165) is 52.3 Å². The number of phenolic OH excluding ortho intramolecular Hbond substituents is 1. The summed E-state index contributed by atoms with van der Waals surface area (Å²) in [4.78, 5) is 0. The maximum atomic E-state index is 13.9. The first kappa shape index (κ1) is 79.1. The zero-order chi connectivity index (χ0) is 62.4. The molecule has 90 heavy (non-hydrogen) atoms. The molecule has 4 N–H and O–H groups in total. The van der Waals surface area contributed by atoms with Crippen LogP contribution in [0.4, 0.5) is 13.2 Å². The summed E-state index contributed by atoms with van der Waals surface area (Å²) in [6.45, 7) is 0. The largest absolute Gasteiger partial charge is 0.569 e. The summed E-state index contributed by atoms with van der Waals surface area (Å²) in [5.74, 6) is 0.593. The van der Waals surface area contributed by atoms with E-state index < -0.39 is 12.9 Å². The highest BCUT2D eigenvalue weighted by Crippen LogP contribution is 2.38. The summed E-state index contributed by atoms with van der Waals surface area (Å²) in [6.07, 6.45) is 0. The molecule has 0 spiro atoms. The Morgan fingerprint density at radius 3 is 1.32 bits per heavy atom. The molecule has 0 atom stereocenters. The maximum Gasteiger partial charge on any atom is 0.569 e. The van der Waals surface area contributed by atoms with Gasteiger partial charge in [-0.3, -0.25) is 0 Å². The standard InChI is InChI=1S/C13H9BrClFO.C12H8BClO3.C12H7BrClFO.C12H6BrClO.C7H7BClO3.C6H3BrFI.4CH4/c1-17-13-5-3-9(15)7-11(13)10-4-2-8(14)6-12(10)16;14-8-2-4-11-10(6-8)9-3-1-7(13(15)16)5-12(9)17-11;13-7-1-3-9(11(15)5-7)10-6-8(14)2-4-12(10)16;13-7-1-3-9-10-6-8(14)2-4-11(10)15-12(9)5-7;1-11-6-3-2-5(9)4-7(6)12-8-10;7-4-1-2-6(9)5(8)3-4;;;;/h2-7H,1H3;1-6,15-16H;1-6,16H;1-6H;2-4,10H,1H3;1-3H;4*1H4. The second kappa shape index (κ2) is 37.6. The Labute approximate surface area is 594 Å². The van der Waals surface area contributed by atoms with E-state index in [4.69, 9.17) is 96.0 Å². The van der Waals surface area contributed by atoms with Crippen LogP contribution in [0, 0.1) is 21.0 Å². The molecule has 0 fully saturated rings. The summed E-state index contributed by atoms with van der Waals surface area (Å²) in [7, 11) is 2.14. The van der Waals surface area contributed by atoms with Gasteiger partial charge in [-0.1, -0.05) is 176 Å². The minimum absolute atomic E-state index is 0. The van der Waals surface area contributed by atoms with Crippen molar-refractivity contribution in [2.24, 2.45) is 0 Å². The van der Waals surface area contributed by atoms with Crippen molar-refractivity contribution >= 4 is 208 Å². The highest BCUT2D eigenvalue weighted by molar-refractivity contribution is 14.1. The second-order valence-corrected chi connectivity index (χ2v) is 24.6. The molecule has 2 heterocycles. The lowest BCUT2D eigenvalue weighted by molar-refractivity contribution is 0.381. The van der Waals surface area contributed by atoms with Gasteiger partial charge >= 0.3 is 14.8 Å². The van der Waals surface area contributed by atoms with Crippen molar-refractivity contribution in [3.8, 4) is 45.3 Å². The third kappa shape index (κ3) is 21.7. The summed E-state index contributed by atoms with van der Waals surface area (Å²) in [5.41, 5.74) is 5.32. The van der Waals surface area contributed by atoms with Gasteiger partial charge in [0, 0.05) is 96.4 Å². The lowest BCUT2D eigenvalue weighted by Gasteiger charge is -2.10. The van der Waals surface area contributed by atoms with Crippen molar-refractivity contribution in [1.29, 1.82) is 0 Å². The molecule has 0 amide bonds. The fraction of sp³-hybridized carbons (Fsp3) is 0.0909. The van der Waals surface area contributed by atoms with Crippen LogP contribution in [0.5, 0.6) is 23.0 Å². The molecular weight excluding hydrogens is 1640 g/mol. The van der Waals surface area contributed by atoms with Crippen molar-refractivity contribution in [2.45, 2.75) is 29.7 Å². The number of furan rings is 2. The lowest BCUT2D eigenvalue weighted by atomic mass is 9.80. The summed E-state index contributed by atoms with van der Waals surface area (Å²) < 4.78 is 70.0. The van der Waals surface area contributed by atoms with Gasteiger partial charge in [-0.05, 0) is 180 Å². The Bertz CT molecular complexity index is 4340. The third-order valence-corrected chi connectivity index (χ3v) is 15.9. The van der Waals surface area contributed by atoms with Crippen molar-refractivity contribution in [3.63, 3.8) is 0 Å². The van der Waals surface area contributed by atoms with Gasteiger partial charge < -0.3 is 43.1 Å². The van der Waals surface area contributed by atoms with E-state index in [0.29, 0.717) is 90.8 Å². The molecule has 9 nitrogen and oxygen atoms in total. The SMILES string of the molecule is C.C.C.C.COc1ccc(Cl)cc1-c1ccc(Br)cc1F.COc1ccc(Cl)cc1O[B]O.Clc1ccc2oc3cc(Br)ccc3c2c1.Fc1cc(Br)ccc1I.OB(O)c1ccc2c(c1)oc1ccc(Cl)cc12.Oc1ccc(Cl)cc1-c1ccc(Br)cc1F. The lowest BCUT2D eigenvalue weighted by Crippen LogP contribution is -2.29. The number of methoxy groups -OCH3 is 2. The molecule has 0 bridgehead atoms. The van der Waals surface area contributed by atoms with E-state index >= 15 is 0 Å². The van der Waals surface area contributed by atoms with Gasteiger partial charge in [-0.2, -0.15) is 0 Å². The van der Waals surface area contributed by atoms with E-state index in [1.54, 1.807) is 110 Å². The highest BCUT2D eigenvalue weighted by Gasteiger charge is 2.16. The molecule has 471 valence electrons. The molecule has 0 unspecified atom stereocenters. The highest BCUT2D eigenvalue weighted by atomic mass is 127. The number of benzene rings is 10. The van der Waals surface area contributed by atoms with E-state index in [2.05, 4.69) is 63.7 Å². The van der Waals surface area contributed by atoms with Gasteiger partial charge in [-0.15, -0.1) is 0 Å². The zero-order valence-corrected chi connectivity index (χ0v) is 56.5. The molecule has 0 aliphatic rings. The number of hydrogen-bond acceptors (Lipinski definition) is 9. The molecule has 12 rings (SSSR count). The fourth-order valence-corrected chi connectivity index (χ4v) is 10.5. The van der Waals surface area contributed by atoms with Crippen molar-refractivity contribution in [1.82, 2.24) is 0 Å². The zero-order valence-electron chi connectivity index (χ0n) is 44.2. The van der Waals surface area contributed by atoms with Gasteiger partial charge in [-0.25, -0.2) is 13.2 Å². The van der Waals surface area contributed by atoms with E-state index in [9.17, 15) is 18.3 Å². The number of rotatable bonds is 7. The number of ether oxygens (including phenoxy) is 2. The maximum absolute atomic E-state index is 13.9. The topological polar surface area (TPSA) is 135 Å². The van der Waals surface area contributed by atoms with Crippen LogP contribution in [0.15, 0.2) is 209 Å². The fourth-order valence-electron chi connectivity index (χ4n) is 7.95. The molecule has 2 aromatic heterocycles. The predicted octanol–water partition coefficient (Wildman–Crippen LogP) is 23.4. The van der Waals surface area contributed by atoms with Gasteiger partial charge in [0.25, 0.3) is 0 Å². The molecular formula is C66H56B2Br4Cl5F3IO9. The number of fused-ring (bicyclic) bond motifs is 6. The van der Waals surface area contributed by atoms with E-state index in [-0.39, 0.29) is 47.1 Å². The van der Waals surface area contributed by atoms with Crippen molar-refractivity contribution < 1.29 is 56.3 Å². The Hall–Kier alpha value is -5.10. The molecule has 10 aromatic carbocycles. The van der Waals surface area contributed by atoms with Crippen LogP contribution in [-0.4, -0.2) is 49.2 Å². The molecule has 1 radical (unpaired) electrons. The van der Waals surface area contributed by atoms with Crippen LogP contribution in [0.2, 0.25) is 25.1 Å². The Kier molecular flexibility index (Phi) is 33.0. The third-order valence-electron chi connectivity index (χ3n) is 11.9. The summed E-state index contributed by atoms with van der Waals surface area (Å²) >= 11 is 44.2. The minimum atomic E-state index is -1.49. The van der Waals surface area contributed by atoms with E-state index in [1.165, 1.54) is 37.4 Å². The number of halogens is 13. The quantitative estimate of drug-likeness (QED) is 0.0699. The van der Waals surface area contributed by atoms with Crippen LogP contribution in [0.1, 0.15) is 29.7 Å². The van der Waals surface area contributed by atoms with Gasteiger partial charge in [0.05, 0.1) is 14.2 Å². The predicted molar refractivity (Wildman–Crippen MR) is 393 cm³/mol. The second-order valence-electron chi connectivity index (χ2n) is 17.6. The number of hydrogen-bond donors (Lipinski definition) is 4. The molecule has 24 heteroatoms. The van der Waals surface area contributed by atoms with Gasteiger partial charge in [0.2, 0.25) is 0 Å². The molecule has 0 saturated carbocycles. The van der Waals surface area contributed by atoms with Crippen LogP contribution in [0.25, 0.3) is 66.1 Å². The number of phenols is 1. The molecule has 0 aliphatic heterocycles. The normalized spacial score (nSPS) is 10.0. The Balaban J connectivity index is 0.000000282. The average molecular weight is 1700 g/mol. The molecule has 0 saturated heterocycles. The average Bonchev–Trinajstić information content (AvgIpc) is 1.63. The monoisotopic (exact) mass is 1690 g/mol. The van der Waals surface area contributed by atoms with Gasteiger partial charge in [0.15, 0.2) is 5.75 Å². The molecule has 0 aliphatic carbocycles. The molecule has 12 aromatic rings. The van der Waals surface area contributed by atoms with Crippen molar-refractivity contribution in [2.75, 3.05) is 14.2 Å². The summed E-state index contributed by atoms with van der Waals surface area (Å²) in [6, 6.07) is 51.1. The van der Waals surface area contributed by atoms with Crippen LogP contribution in [-0.2, 0) is 0 Å².